The lowest BCUT2D eigenvalue weighted by Crippen LogP contribution is -2.35. The molecule has 2 aromatic rings. The molecule has 2 rings (SSSR count). The van der Waals surface area contributed by atoms with Crippen LogP contribution >= 0.6 is 11.3 Å². The number of hydrogen-bond acceptors (Lipinski definition) is 7. The molecule has 0 aliphatic carbocycles. The Balaban J connectivity index is 0.000000463. The molecule has 8 heteroatoms. The van der Waals surface area contributed by atoms with E-state index in [1.807, 2.05) is 19.4 Å². The third kappa shape index (κ3) is 5.91. The number of ether oxygens (including phenoxy) is 1. The Morgan fingerprint density at radius 1 is 1.48 bits per heavy atom. The maximum Gasteiger partial charge on any atom is 0.293 e. The molecule has 3 N–H and O–H groups in total. The highest BCUT2D eigenvalue weighted by Crippen LogP contribution is 2.13. The van der Waals surface area contributed by atoms with Crippen molar-refractivity contribution in [3.8, 4) is 0 Å². The molecule has 0 saturated heterocycles. The number of aryl methyl sites for hydroxylation is 1. The number of carbonyl (C=O) groups is 1. The number of nitrogens with zero attached hydrogens (tertiary/aromatic N) is 3. The smallest absolute Gasteiger partial charge is 0.293 e. The zero-order chi connectivity index (χ0) is 17.2. The quantitative estimate of drug-likeness (QED) is 0.596. The normalized spacial score (nSPS) is 9.91. The summed E-state index contributed by atoms with van der Waals surface area (Å²) in [5, 5.41) is 8.98. The van der Waals surface area contributed by atoms with Gasteiger partial charge in [0.05, 0.1) is 17.0 Å². The first-order chi connectivity index (χ1) is 11.0. The van der Waals surface area contributed by atoms with Gasteiger partial charge in [0, 0.05) is 26.1 Å². The summed E-state index contributed by atoms with van der Waals surface area (Å²) >= 11 is 1.65. The van der Waals surface area contributed by atoms with Crippen LogP contribution in [-0.4, -0.2) is 34.8 Å². The van der Waals surface area contributed by atoms with Crippen molar-refractivity contribution >= 4 is 23.6 Å². The molecule has 0 bridgehead atoms. The summed E-state index contributed by atoms with van der Waals surface area (Å²) in [6.07, 6.45) is 2.47. The highest BCUT2D eigenvalue weighted by Gasteiger charge is 2.16. The van der Waals surface area contributed by atoms with E-state index in [0.29, 0.717) is 37.7 Å². The number of aliphatic hydroxyl groups excluding tert-OH is 1. The van der Waals surface area contributed by atoms with Crippen molar-refractivity contribution in [2.24, 2.45) is 0 Å². The summed E-state index contributed by atoms with van der Waals surface area (Å²) in [5.41, 5.74) is 10.0. The van der Waals surface area contributed by atoms with Gasteiger partial charge in [-0.05, 0) is 13.8 Å². The minimum atomic E-state index is 0.178. The summed E-state index contributed by atoms with van der Waals surface area (Å²) in [7, 11) is 0. The van der Waals surface area contributed by atoms with Crippen molar-refractivity contribution in [1.82, 2.24) is 9.97 Å². The Morgan fingerprint density at radius 3 is 2.74 bits per heavy atom. The zero-order valence-electron chi connectivity index (χ0n) is 13.7. The van der Waals surface area contributed by atoms with Gasteiger partial charge in [0.2, 0.25) is 5.51 Å². The molecular formula is C15H23N4O3S+. The predicted octanol–water partition coefficient (Wildman–Crippen LogP) is 0.787. The zero-order valence-corrected chi connectivity index (χ0v) is 14.5. The van der Waals surface area contributed by atoms with E-state index >= 15 is 0 Å². The highest BCUT2D eigenvalue weighted by atomic mass is 32.1. The molecule has 0 spiro atoms. The highest BCUT2D eigenvalue weighted by molar-refractivity contribution is 7.09. The SMILES string of the molecule is CCOC=O.Cc1ncc(C[n+]2csc(CCO)c2C)c(N)n1. The van der Waals surface area contributed by atoms with Crippen LogP contribution in [0.2, 0.25) is 0 Å². The van der Waals surface area contributed by atoms with E-state index in [2.05, 4.69) is 19.3 Å². The number of carbonyl (C=O) groups excluding carboxylic acids is 1. The second-order valence-electron chi connectivity index (χ2n) is 4.71. The number of aliphatic hydroxyl groups is 1. The van der Waals surface area contributed by atoms with Gasteiger partial charge >= 0.3 is 0 Å². The second kappa shape index (κ2) is 9.86. The van der Waals surface area contributed by atoms with Gasteiger partial charge < -0.3 is 15.6 Å². The fraction of sp³-hybridized carbons (Fsp3) is 0.467. The summed E-state index contributed by atoms with van der Waals surface area (Å²) in [6.45, 7) is 7.38. The summed E-state index contributed by atoms with van der Waals surface area (Å²) in [6, 6.07) is 0. The van der Waals surface area contributed by atoms with Crippen molar-refractivity contribution in [3.63, 3.8) is 0 Å². The maximum atomic E-state index is 9.18. The number of thiazole rings is 1. The molecule has 0 radical (unpaired) electrons. The molecule has 2 aromatic heterocycles. The third-order valence-electron chi connectivity index (χ3n) is 3.09. The number of hydrogen-bond donors (Lipinski definition) is 2. The van der Waals surface area contributed by atoms with Crippen LogP contribution in [0.15, 0.2) is 11.7 Å². The second-order valence-corrected chi connectivity index (χ2v) is 5.65. The molecule has 0 fully saturated rings. The van der Waals surface area contributed by atoms with Gasteiger partial charge in [0.15, 0.2) is 12.2 Å². The average molecular weight is 339 g/mol. The molecule has 0 aliphatic rings. The molecule has 0 atom stereocenters. The lowest BCUT2D eigenvalue weighted by Gasteiger charge is -2.01. The fourth-order valence-corrected chi connectivity index (χ4v) is 2.82. The van der Waals surface area contributed by atoms with Crippen molar-refractivity contribution in [2.45, 2.75) is 33.7 Å². The molecule has 0 aromatic carbocycles. The Labute approximate surface area is 139 Å². The molecule has 2 heterocycles. The summed E-state index contributed by atoms with van der Waals surface area (Å²) in [4.78, 5) is 18.7. The van der Waals surface area contributed by atoms with Crippen LogP contribution < -0.4 is 10.3 Å². The van der Waals surface area contributed by atoms with E-state index in [0.717, 1.165) is 11.3 Å². The van der Waals surface area contributed by atoms with Gasteiger partial charge in [0.1, 0.15) is 11.6 Å². The van der Waals surface area contributed by atoms with Crippen LogP contribution in [0.1, 0.15) is 28.9 Å². The first kappa shape index (κ1) is 19.0. The molecular weight excluding hydrogens is 316 g/mol. The van der Waals surface area contributed by atoms with Gasteiger partial charge in [0.25, 0.3) is 6.47 Å². The number of aromatic nitrogens is 3. The summed E-state index contributed by atoms with van der Waals surface area (Å²) in [5.74, 6) is 1.22. The minimum absolute atomic E-state index is 0.178. The van der Waals surface area contributed by atoms with Crippen molar-refractivity contribution in [3.05, 3.63) is 33.7 Å². The predicted molar refractivity (Wildman–Crippen MR) is 88.0 cm³/mol. The largest absolute Gasteiger partial charge is 0.468 e. The number of nitrogen functional groups attached to an aromatic ring is 1. The maximum absolute atomic E-state index is 9.18. The Bertz CT molecular complexity index is 631. The Morgan fingerprint density at radius 2 is 2.22 bits per heavy atom. The van der Waals surface area contributed by atoms with Crippen LogP contribution in [0.25, 0.3) is 0 Å². The van der Waals surface area contributed by atoms with Gasteiger partial charge in [-0.3, -0.25) is 4.79 Å². The van der Waals surface area contributed by atoms with Crippen LogP contribution in [0.4, 0.5) is 5.82 Å². The van der Waals surface area contributed by atoms with E-state index in [9.17, 15) is 4.79 Å². The lowest BCUT2D eigenvalue weighted by molar-refractivity contribution is -0.689. The Kier molecular flexibility index (Phi) is 8.14. The number of rotatable bonds is 6. The van der Waals surface area contributed by atoms with Crippen molar-refractivity contribution in [1.29, 1.82) is 0 Å². The topological polar surface area (TPSA) is 102 Å². The van der Waals surface area contributed by atoms with Gasteiger partial charge in [-0.15, -0.1) is 0 Å². The van der Waals surface area contributed by atoms with Crippen LogP contribution in [-0.2, 0) is 22.5 Å². The van der Waals surface area contributed by atoms with E-state index in [1.54, 1.807) is 24.5 Å². The molecule has 0 aliphatic heterocycles. The lowest BCUT2D eigenvalue weighted by atomic mass is 10.2. The third-order valence-corrected chi connectivity index (χ3v) is 4.23. The van der Waals surface area contributed by atoms with Crippen LogP contribution in [0.5, 0.6) is 0 Å². The molecule has 0 saturated carbocycles. The number of nitrogens with two attached hydrogens (primary N) is 1. The monoisotopic (exact) mass is 339 g/mol. The summed E-state index contributed by atoms with van der Waals surface area (Å²) < 4.78 is 6.26. The molecule has 0 unspecified atom stereocenters. The van der Waals surface area contributed by atoms with Gasteiger partial charge in [-0.25, -0.2) is 9.97 Å². The first-order valence-electron chi connectivity index (χ1n) is 7.23. The minimum Gasteiger partial charge on any atom is -0.468 e. The van der Waals surface area contributed by atoms with E-state index in [-0.39, 0.29) is 6.61 Å². The van der Waals surface area contributed by atoms with Crippen LogP contribution in [0.3, 0.4) is 0 Å². The van der Waals surface area contributed by atoms with Gasteiger partial charge in [-0.1, -0.05) is 11.3 Å². The van der Waals surface area contributed by atoms with E-state index in [4.69, 9.17) is 10.8 Å². The fourth-order valence-electron chi connectivity index (χ4n) is 1.83. The first-order valence-corrected chi connectivity index (χ1v) is 8.11. The standard InChI is InChI=1S/C12H17N4OS.C3H6O2/c1-8-11(3-4-17)18-7-16(8)6-10-5-14-9(2)15-12(10)13;1-2-5-3-4/h5,7,17H,3-4,6H2,1-2H3,(H2,13,14,15);3H,2H2,1H3/q+1;. The Hall–Kier alpha value is -2.06. The van der Waals surface area contributed by atoms with E-state index in [1.165, 1.54) is 4.88 Å². The van der Waals surface area contributed by atoms with Crippen LogP contribution in [0, 0.1) is 13.8 Å². The van der Waals surface area contributed by atoms with Crippen molar-refractivity contribution < 1.29 is 19.2 Å². The molecule has 23 heavy (non-hydrogen) atoms. The van der Waals surface area contributed by atoms with Gasteiger partial charge in [-0.2, -0.15) is 4.57 Å². The molecule has 7 nitrogen and oxygen atoms in total. The molecule has 126 valence electrons. The molecule has 0 amide bonds. The van der Waals surface area contributed by atoms with E-state index < -0.39 is 0 Å². The number of anilines is 1. The van der Waals surface area contributed by atoms with Crippen molar-refractivity contribution in [2.75, 3.05) is 18.9 Å². The average Bonchev–Trinajstić information content (AvgIpc) is 2.85.